The summed E-state index contributed by atoms with van der Waals surface area (Å²) in [5, 5.41) is 0.153. The summed E-state index contributed by atoms with van der Waals surface area (Å²) >= 11 is 12.4. The summed E-state index contributed by atoms with van der Waals surface area (Å²) in [6.45, 7) is 4.13. The van der Waals surface area contributed by atoms with E-state index in [0.29, 0.717) is 11.3 Å². The molecule has 0 saturated carbocycles. The Hall–Kier alpha value is -2.54. The number of anilines is 1. The number of carbonyl (C=O) groups excluding carboxylic acids is 1. The number of primary amides is 1. The van der Waals surface area contributed by atoms with Crippen LogP contribution in [0, 0.1) is 5.92 Å². The molecule has 0 fully saturated rings. The normalized spacial score (nSPS) is 11.5. The van der Waals surface area contributed by atoms with Crippen LogP contribution in [-0.4, -0.2) is 20.9 Å². The molecule has 0 aliphatic rings. The first kappa shape index (κ1) is 23.1. The fourth-order valence-electron chi connectivity index (χ4n) is 3.16. The zero-order valence-corrected chi connectivity index (χ0v) is 19.4. The molecule has 0 unspecified atom stereocenters. The lowest BCUT2D eigenvalue weighted by molar-refractivity contribution is 0.100. The summed E-state index contributed by atoms with van der Waals surface area (Å²) in [4.78, 5) is 11.1. The molecule has 31 heavy (non-hydrogen) atoms. The first-order valence-electron chi connectivity index (χ1n) is 9.58. The fraction of sp³-hybridized carbons (Fsp3) is 0.174. The van der Waals surface area contributed by atoms with Gasteiger partial charge in [0.2, 0.25) is 5.91 Å². The number of amides is 1. The van der Waals surface area contributed by atoms with E-state index in [4.69, 9.17) is 28.9 Å². The lowest BCUT2D eigenvalue weighted by atomic mass is 10.0. The highest BCUT2D eigenvalue weighted by atomic mass is 35.5. The first-order valence-corrected chi connectivity index (χ1v) is 11.8. The molecule has 8 heteroatoms. The predicted octanol–water partition coefficient (Wildman–Crippen LogP) is 5.61. The molecule has 0 aliphatic heterocycles. The smallest absolute Gasteiger partial charge is 0.267 e. The molecule has 2 N–H and O–H groups in total. The molecule has 1 amide bonds. The van der Waals surface area contributed by atoms with E-state index in [0.717, 1.165) is 11.1 Å². The van der Waals surface area contributed by atoms with Crippen molar-refractivity contribution in [3.63, 3.8) is 0 Å². The Morgan fingerprint density at radius 1 is 0.903 bits per heavy atom. The van der Waals surface area contributed by atoms with Crippen molar-refractivity contribution >= 4 is 44.8 Å². The number of hydrogen-bond donors (Lipinski definition) is 1. The van der Waals surface area contributed by atoms with Gasteiger partial charge in [0.05, 0.1) is 15.7 Å². The number of carbonyl (C=O) groups is 1. The van der Waals surface area contributed by atoms with Crippen LogP contribution in [0.25, 0.3) is 11.1 Å². The second kappa shape index (κ2) is 9.30. The quantitative estimate of drug-likeness (QED) is 0.480. The fourth-order valence-corrected chi connectivity index (χ4v) is 5.89. The van der Waals surface area contributed by atoms with Crippen molar-refractivity contribution in [2.45, 2.75) is 18.7 Å². The molecule has 0 heterocycles. The van der Waals surface area contributed by atoms with Crippen LogP contribution in [0.1, 0.15) is 24.2 Å². The van der Waals surface area contributed by atoms with Crippen molar-refractivity contribution in [1.29, 1.82) is 0 Å². The molecule has 162 valence electrons. The SMILES string of the molecule is CC(C)CN(c1ccc(-c2ccc(C(N)=O)cc2)cc1)S(=O)(=O)c1c(Cl)cccc1Cl. The third-order valence-corrected chi connectivity index (χ3v) is 7.41. The number of hydrogen-bond acceptors (Lipinski definition) is 3. The molecule has 0 radical (unpaired) electrons. The first-order chi connectivity index (χ1) is 14.6. The minimum atomic E-state index is -3.99. The van der Waals surface area contributed by atoms with E-state index < -0.39 is 15.9 Å². The summed E-state index contributed by atoms with van der Waals surface area (Å²) in [6.07, 6.45) is 0. The molecular weight excluding hydrogens is 455 g/mol. The van der Waals surface area contributed by atoms with Crippen molar-refractivity contribution < 1.29 is 13.2 Å². The Labute approximate surface area is 192 Å². The van der Waals surface area contributed by atoms with Crippen molar-refractivity contribution in [3.05, 3.63) is 82.3 Å². The molecule has 0 aliphatic carbocycles. The third kappa shape index (κ3) is 5.03. The Morgan fingerprint density at radius 3 is 1.84 bits per heavy atom. The van der Waals surface area contributed by atoms with Gasteiger partial charge in [0.1, 0.15) is 4.90 Å². The minimum Gasteiger partial charge on any atom is -0.366 e. The Morgan fingerprint density at radius 2 is 1.39 bits per heavy atom. The van der Waals surface area contributed by atoms with E-state index in [2.05, 4.69) is 0 Å². The van der Waals surface area contributed by atoms with Crippen LogP contribution in [0.3, 0.4) is 0 Å². The van der Waals surface area contributed by atoms with Gasteiger partial charge in [0, 0.05) is 12.1 Å². The molecule has 0 spiro atoms. The van der Waals surface area contributed by atoms with E-state index in [1.165, 1.54) is 16.4 Å². The van der Waals surface area contributed by atoms with Gasteiger partial charge in [-0.25, -0.2) is 8.42 Å². The summed E-state index contributed by atoms with van der Waals surface area (Å²) in [5.41, 5.74) is 7.96. The van der Waals surface area contributed by atoms with Gasteiger partial charge in [-0.1, -0.05) is 67.4 Å². The summed E-state index contributed by atoms with van der Waals surface area (Å²) < 4.78 is 28.3. The summed E-state index contributed by atoms with van der Waals surface area (Å²) in [6, 6.07) is 18.6. The second-order valence-electron chi connectivity index (χ2n) is 7.47. The van der Waals surface area contributed by atoms with Crippen LogP contribution in [0.5, 0.6) is 0 Å². The van der Waals surface area contributed by atoms with Crippen molar-refractivity contribution in [2.24, 2.45) is 11.7 Å². The molecule has 3 aromatic carbocycles. The highest BCUT2D eigenvalue weighted by Crippen LogP contribution is 2.35. The van der Waals surface area contributed by atoms with E-state index >= 15 is 0 Å². The topological polar surface area (TPSA) is 80.5 Å². The lowest BCUT2D eigenvalue weighted by Gasteiger charge is -2.27. The molecule has 0 atom stereocenters. The average Bonchev–Trinajstić information content (AvgIpc) is 2.72. The number of nitrogens with two attached hydrogens (primary N) is 1. The molecule has 0 aromatic heterocycles. The number of nitrogens with zero attached hydrogens (tertiary/aromatic N) is 1. The summed E-state index contributed by atoms with van der Waals surface area (Å²) in [5.74, 6) is -0.424. The maximum Gasteiger partial charge on any atom is 0.267 e. The molecule has 0 saturated heterocycles. The van der Waals surface area contributed by atoms with Gasteiger partial charge < -0.3 is 5.73 Å². The minimum absolute atomic E-state index is 0.0667. The van der Waals surface area contributed by atoms with Gasteiger partial charge in [-0.15, -0.1) is 0 Å². The second-order valence-corrected chi connectivity index (χ2v) is 10.1. The van der Waals surface area contributed by atoms with E-state index in [1.54, 1.807) is 42.5 Å². The highest BCUT2D eigenvalue weighted by Gasteiger charge is 2.30. The molecule has 3 rings (SSSR count). The van der Waals surface area contributed by atoms with E-state index in [9.17, 15) is 13.2 Å². The number of benzene rings is 3. The van der Waals surface area contributed by atoms with Gasteiger partial charge in [0.25, 0.3) is 10.0 Å². The Kier molecular flexibility index (Phi) is 6.94. The van der Waals surface area contributed by atoms with Crippen LogP contribution in [0.15, 0.2) is 71.6 Å². The van der Waals surface area contributed by atoms with Gasteiger partial charge in [-0.3, -0.25) is 9.10 Å². The van der Waals surface area contributed by atoms with Crippen LogP contribution >= 0.6 is 23.2 Å². The summed E-state index contributed by atoms with van der Waals surface area (Å²) in [7, 11) is -3.99. The van der Waals surface area contributed by atoms with Gasteiger partial charge in [-0.2, -0.15) is 0 Å². The highest BCUT2D eigenvalue weighted by molar-refractivity contribution is 7.93. The third-order valence-electron chi connectivity index (χ3n) is 4.66. The zero-order valence-electron chi connectivity index (χ0n) is 17.0. The van der Waals surface area contributed by atoms with Crippen molar-refractivity contribution in [1.82, 2.24) is 0 Å². The van der Waals surface area contributed by atoms with Crippen LogP contribution in [0.4, 0.5) is 5.69 Å². The van der Waals surface area contributed by atoms with Crippen LogP contribution in [-0.2, 0) is 10.0 Å². The van der Waals surface area contributed by atoms with Crippen LogP contribution < -0.4 is 10.0 Å². The van der Waals surface area contributed by atoms with Crippen molar-refractivity contribution in [2.75, 3.05) is 10.8 Å². The number of rotatable bonds is 7. The van der Waals surface area contributed by atoms with Gasteiger partial charge in [-0.05, 0) is 53.4 Å². The Balaban J connectivity index is 2.01. The number of sulfonamides is 1. The molecular formula is C23H22Cl2N2O3S. The largest absolute Gasteiger partial charge is 0.366 e. The van der Waals surface area contributed by atoms with E-state index in [1.807, 2.05) is 26.0 Å². The molecule has 5 nitrogen and oxygen atoms in total. The van der Waals surface area contributed by atoms with Gasteiger partial charge >= 0.3 is 0 Å². The van der Waals surface area contributed by atoms with E-state index in [-0.39, 0.29) is 27.4 Å². The molecule has 0 bridgehead atoms. The number of halogens is 2. The predicted molar refractivity (Wildman–Crippen MR) is 126 cm³/mol. The lowest BCUT2D eigenvalue weighted by Crippen LogP contribution is -2.34. The maximum absolute atomic E-state index is 13.5. The zero-order chi connectivity index (χ0) is 22.8. The Bertz CT molecular complexity index is 1170. The van der Waals surface area contributed by atoms with Crippen molar-refractivity contribution in [3.8, 4) is 11.1 Å². The average molecular weight is 477 g/mol. The maximum atomic E-state index is 13.5. The van der Waals surface area contributed by atoms with Crippen LogP contribution in [0.2, 0.25) is 10.0 Å². The molecule has 3 aromatic rings. The monoisotopic (exact) mass is 476 g/mol. The standard InChI is InChI=1S/C23H22Cl2N2O3S/c1-15(2)14-27(31(29,30)22-20(24)4-3-5-21(22)25)19-12-10-17(11-13-19)16-6-8-18(9-7-16)23(26)28/h3-13,15H,14H2,1-2H3,(H2,26,28). The van der Waals surface area contributed by atoms with Gasteiger partial charge in [0.15, 0.2) is 0 Å².